The summed E-state index contributed by atoms with van der Waals surface area (Å²) in [5.74, 6) is 0. The predicted molar refractivity (Wildman–Crippen MR) is 192 cm³/mol. The van der Waals surface area contributed by atoms with Crippen molar-refractivity contribution >= 4 is 49.3 Å². The maximum Gasteiger partial charge on any atom is 0.211 e. The number of nitrogens with zero attached hydrogens (tertiary/aromatic N) is 3. The predicted octanol–water partition coefficient (Wildman–Crippen LogP) is 11.8. The van der Waals surface area contributed by atoms with Gasteiger partial charge >= 0.3 is 0 Å². The Morgan fingerprint density at radius 2 is 0.848 bits per heavy atom. The van der Waals surface area contributed by atoms with E-state index < -0.39 is 0 Å². The number of rotatable bonds is 4. The molecule has 3 heteroatoms. The number of para-hydroxylation sites is 5. The van der Waals surface area contributed by atoms with Crippen LogP contribution in [0.3, 0.4) is 0 Å². The lowest BCUT2D eigenvalue weighted by atomic mass is 9.92. The molecule has 0 bridgehead atoms. The highest BCUT2D eigenvalue weighted by Crippen LogP contribution is 2.43. The van der Waals surface area contributed by atoms with Gasteiger partial charge in [0.15, 0.2) is 0 Å². The Hall–Kier alpha value is -6.37. The van der Waals surface area contributed by atoms with Crippen molar-refractivity contribution in [3.8, 4) is 33.6 Å². The van der Waals surface area contributed by atoms with E-state index in [-0.39, 0.29) is 0 Å². The van der Waals surface area contributed by atoms with Gasteiger partial charge in [-0.2, -0.15) is 0 Å². The highest BCUT2D eigenvalue weighted by Gasteiger charge is 2.20. The Morgan fingerprint density at radius 3 is 1.41 bits per heavy atom. The van der Waals surface area contributed by atoms with Gasteiger partial charge in [-0.05, 0) is 58.7 Å². The molecule has 9 rings (SSSR count). The molecule has 0 fully saturated rings. The molecule has 2 aromatic heterocycles. The molecule has 2 heterocycles. The Morgan fingerprint density at radius 1 is 0.391 bits per heavy atom. The maximum atomic E-state index is 8.23. The molecule has 0 radical (unpaired) electrons. The molecule has 0 atom stereocenters. The largest absolute Gasteiger partial charge is 0.318 e. The third kappa shape index (κ3) is 3.84. The molecular weight excluding hydrogens is 558 g/mol. The highest BCUT2D eigenvalue weighted by molar-refractivity contribution is 6.11. The molecule has 0 spiro atoms. The monoisotopic (exact) mass is 585 g/mol. The van der Waals surface area contributed by atoms with Gasteiger partial charge in [0.05, 0.1) is 34.3 Å². The van der Waals surface area contributed by atoms with Crippen LogP contribution in [0.2, 0.25) is 0 Å². The van der Waals surface area contributed by atoms with E-state index in [0.29, 0.717) is 5.69 Å². The van der Waals surface area contributed by atoms with Gasteiger partial charge in [-0.3, -0.25) is 0 Å². The molecule has 0 aliphatic heterocycles. The summed E-state index contributed by atoms with van der Waals surface area (Å²) in [4.78, 5) is 4.06. The fraction of sp³-hybridized carbons (Fsp3) is 0. The second-order valence-corrected chi connectivity index (χ2v) is 11.6. The van der Waals surface area contributed by atoms with Crippen LogP contribution in [0.15, 0.2) is 164 Å². The Labute approximate surface area is 266 Å². The third-order valence-corrected chi connectivity index (χ3v) is 9.15. The van der Waals surface area contributed by atoms with E-state index in [4.69, 9.17) is 6.57 Å². The number of fused-ring (bicyclic) bond motifs is 6. The first-order chi connectivity index (χ1) is 22.8. The highest BCUT2D eigenvalue weighted by atomic mass is 15.0. The summed E-state index contributed by atoms with van der Waals surface area (Å²) < 4.78 is 4.64. The van der Waals surface area contributed by atoms with Crippen molar-refractivity contribution in [1.29, 1.82) is 0 Å². The van der Waals surface area contributed by atoms with E-state index in [1.54, 1.807) is 0 Å². The van der Waals surface area contributed by atoms with Gasteiger partial charge in [0, 0.05) is 27.2 Å². The molecule has 0 saturated carbocycles. The van der Waals surface area contributed by atoms with Crippen LogP contribution >= 0.6 is 0 Å². The van der Waals surface area contributed by atoms with E-state index in [1.807, 2.05) is 12.1 Å². The Bertz CT molecular complexity index is 2560. The summed E-state index contributed by atoms with van der Waals surface area (Å²) in [5, 5.41) is 4.85. The van der Waals surface area contributed by atoms with E-state index >= 15 is 0 Å². The fourth-order valence-corrected chi connectivity index (χ4v) is 7.22. The first kappa shape index (κ1) is 26.1. The zero-order valence-electron chi connectivity index (χ0n) is 24.9. The normalized spacial score (nSPS) is 11.5. The van der Waals surface area contributed by atoms with Crippen LogP contribution < -0.4 is 0 Å². The van der Waals surface area contributed by atoms with E-state index in [2.05, 4.69) is 166 Å². The van der Waals surface area contributed by atoms with Gasteiger partial charge in [0.2, 0.25) is 5.69 Å². The minimum absolute atomic E-state index is 0.623. The third-order valence-electron chi connectivity index (χ3n) is 9.15. The average molecular weight is 586 g/mol. The molecule has 0 N–H and O–H groups in total. The molecule has 214 valence electrons. The minimum Gasteiger partial charge on any atom is -0.318 e. The molecule has 9 aromatic rings. The lowest BCUT2D eigenvalue weighted by molar-refractivity contribution is 1.18. The van der Waals surface area contributed by atoms with Crippen molar-refractivity contribution < 1.29 is 0 Å². The molecule has 7 aromatic carbocycles. The van der Waals surface area contributed by atoms with Crippen LogP contribution in [0.25, 0.3) is 82.1 Å². The zero-order valence-corrected chi connectivity index (χ0v) is 24.9. The SMILES string of the molecule is [C-]#[N+]c1cccc(-c2ccccc2-c2cccc(-n3c4ccccc4c4ccccc43)c2)c1-n1c2ccccc2c2ccccc21. The summed E-state index contributed by atoms with van der Waals surface area (Å²) >= 11 is 0. The van der Waals surface area contributed by atoms with Crippen molar-refractivity contribution in [2.45, 2.75) is 0 Å². The number of hydrogen-bond acceptors (Lipinski definition) is 0. The Balaban J connectivity index is 1.30. The molecule has 0 unspecified atom stereocenters. The zero-order chi connectivity index (χ0) is 30.6. The molecule has 0 aliphatic rings. The molecular formula is C43H27N3. The molecule has 46 heavy (non-hydrogen) atoms. The van der Waals surface area contributed by atoms with Crippen LogP contribution in [0, 0.1) is 6.57 Å². The molecule has 0 aliphatic carbocycles. The maximum absolute atomic E-state index is 8.23. The van der Waals surface area contributed by atoms with Crippen LogP contribution in [0.5, 0.6) is 0 Å². The smallest absolute Gasteiger partial charge is 0.211 e. The summed E-state index contributed by atoms with van der Waals surface area (Å²) in [6.07, 6.45) is 0. The second-order valence-electron chi connectivity index (χ2n) is 11.6. The van der Waals surface area contributed by atoms with Gasteiger partial charge < -0.3 is 9.13 Å². The van der Waals surface area contributed by atoms with Gasteiger partial charge in [-0.25, -0.2) is 4.85 Å². The first-order valence-electron chi connectivity index (χ1n) is 15.5. The summed E-state index contributed by atoms with van der Waals surface area (Å²) in [6.45, 7) is 8.23. The standard InChI is InChI=1S/C43H27N3/c1-44-38-23-13-22-37(43(38)46-41-26-10-6-20-35(41)36-21-7-11-27-42(36)46)32-17-3-2-16-31(32)29-14-12-15-30(28-29)45-39-24-8-4-18-33(39)34-19-5-9-25-40(34)45/h2-28H. The van der Waals surface area contributed by atoms with Gasteiger partial charge in [0.1, 0.15) is 0 Å². The van der Waals surface area contributed by atoms with E-state index in [1.165, 1.54) is 32.6 Å². The number of hydrogen-bond donors (Lipinski definition) is 0. The lowest BCUT2D eigenvalue weighted by Crippen LogP contribution is -1.99. The minimum atomic E-state index is 0.623. The summed E-state index contributed by atoms with van der Waals surface area (Å²) in [6, 6.07) is 57.7. The number of aromatic nitrogens is 2. The first-order valence-corrected chi connectivity index (χ1v) is 15.5. The molecule has 0 saturated heterocycles. The fourth-order valence-electron chi connectivity index (χ4n) is 7.22. The van der Waals surface area contributed by atoms with E-state index in [9.17, 15) is 0 Å². The van der Waals surface area contributed by atoms with Gasteiger partial charge in [0.25, 0.3) is 0 Å². The van der Waals surface area contributed by atoms with Crippen molar-refractivity contribution in [2.24, 2.45) is 0 Å². The summed E-state index contributed by atoms with van der Waals surface area (Å²) in [5.41, 5.74) is 11.5. The van der Waals surface area contributed by atoms with Crippen molar-refractivity contribution in [2.75, 3.05) is 0 Å². The quantitative estimate of drug-likeness (QED) is 0.182. The van der Waals surface area contributed by atoms with E-state index in [0.717, 1.165) is 44.7 Å². The van der Waals surface area contributed by atoms with Gasteiger partial charge in [-0.15, -0.1) is 0 Å². The van der Waals surface area contributed by atoms with Crippen molar-refractivity contribution in [3.05, 3.63) is 175 Å². The molecule has 3 nitrogen and oxygen atoms in total. The van der Waals surface area contributed by atoms with Crippen LogP contribution in [0.1, 0.15) is 0 Å². The number of benzene rings is 7. The van der Waals surface area contributed by atoms with Crippen LogP contribution in [-0.2, 0) is 0 Å². The lowest BCUT2D eigenvalue weighted by Gasteiger charge is -2.19. The Kier molecular flexibility index (Phi) is 5.88. The topological polar surface area (TPSA) is 14.2 Å². The van der Waals surface area contributed by atoms with Crippen LogP contribution in [-0.4, -0.2) is 9.13 Å². The van der Waals surface area contributed by atoms with Crippen LogP contribution in [0.4, 0.5) is 5.69 Å². The second kappa shape index (κ2) is 10.4. The average Bonchev–Trinajstić information content (AvgIpc) is 3.64. The van der Waals surface area contributed by atoms with Gasteiger partial charge in [-0.1, -0.05) is 127 Å². The van der Waals surface area contributed by atoms with Crippen molar-refractivity contribution in [1.82, 2.24) is 9.13 Å². The summed E-state index contributed by atoms with van der Waals surface area (Å²) in [7, 11) is 0. The molecule has 0 amide bonds. The van der Waals surface area contributed by atoms with Crippen molar-refractivity contribution in [3.63, 3.8) is 0 Å².